The number of methoxy groups -OCH3 is 1. The van der Waals surface area contributed by atoms with Crippen LogP contribution in [0.15, 0.2) is 46.2 Å². The summed E-state index contributed by atoms with van der Waals surface area (Å²) in [5.74, 6) is 0.535. The van der Waals surface area contributed by atoms with E-state index in [0.29, 0.717) is 11.3 Å². The fourth-order valence-corrected chi connectivity index (χ4v) is 2.68. The summed E-state index contributed by atoms with van der Waals surface area (Å²) in [5, 5.41) is 18.7. The summed E-state index contributed by atoms with van der Waals surface area (Å²) in [6.45, 7) is 1.99. The Labute approximate surface area is 116 Å². The standard InChI is InChI=1S/C15H13NO2S/c1-10-3-4-11(9-16)15(7-10)19-12-5-6-13(17)14(8-12)18-2/h3-8,17H,1-2H3. The topological polar surface area (TPSA) is 53.2 Å². The number of phenolic OH excluding ortho intramolecular Hbond substituents is 1. The molecule has 0 aliphatic carbocycles. The molecule has 0 heterocycles. The molecule has 0 unspecified atom stereocenters. The fraction of sp³-hybridized carbons (Fsp3) is 0.133. The van der Waals surface area contributed by atoms with Crippen LogP contribution in [0.4, 0.5) is 0 Å². The van der Waals surface area contributed by atoms with Crippen molar-refractivity contribution in [3.8, 4) is 17.6 Å². The number of hydrogen-bond donors (Lipinski definition) is 1. The predicted molar refractivity (Wildman–Crippen MR) is 74.7 cm³/mol. The smallest absolute Gasteiger partial charge is 0.161 e. The van der Waals surface area contributed by atoms with E-state index in [-0.39, 0.29) is 5.75 Å². The number of ether oxygens (including phenoxy) is 1. The van der Waals surface area contributed by atoms with Crippen molar-refractivity contribution in [2.45, 2.75) is 16.7 Å². The van der Waals surface area contributed by atoms with Gasteiger partial charge in [0.15, 0.2) is 11.5 Å². The van der Waals surface area contributed by atoms with E-state index in [2.05, 4.69) is 6.07 Å². The molecule has 0 bridgehead atoms. The van der Waals surface area contributed by atoms with Gasteiger partial charge in [-0.1, -0.05) is 17.8 Å². The maximum atomic E-state index is 9.56. The van der Waals surface area contributed by atoms with Gasteiger partial charge in [-0.25, -0.2) is 0 Å². The zero-order valence-corrected chi connectivity index (χ0v) is 11.5. The molecule has 0 radical (unpaired) electrons. The van der Waals surface area contributed by atoms with E-state index in [4.69, 9.17) is 10.00 Å². The lowest BCUT2D eigenvalue weighted by Gasteiger charge is -2.08. The normalized spacial score (nSPS) is 9.95. The van der Waals surface area contributed by atoms with Crippen LogP contribution in [0.1, 0.15) is 11.1 Å². The first-order valence-corrected chi connectivity index (χ1v) is 6.51. The van der Waals surface area contributed by atoms with Gasteiger partial charge in [-0.05, 0) is 42.8 Å². The molecule has 4 heteroatoms. The molecule has 0 fully saturated rings. The number of aryl methyl sites for hydroxylation is 1. The molecule has 3 nitrogen and oxygen atoms in total. The average Bonchev–Trinajstić information content (AvgIpc) is 2.41. The maximum Gasteiger partial charge on any atom is 0.161 e. The third-order valence-corrected chi connectivity index (χ3v) is 3.68. The van der Waals surface area contributed by atoms with E-state index < -0.39 is 0 Å². The highest BCUT2D eigenvalue weighted by Gasteiger charge is 2.07. The van der Waals surface area contributed by atoms with Gasteiger partial charge in [0.1, 0.15) is 6.07 Å². The number of benzene rings is 2. The Bertz CT molecular complexity index is 647. The van der Waals surface area contributed by atoms with Crippen LogP contribution in [0.3, 0.4) is 0 Å². The van der Waals surface area contributed by atoms with Crippen molar-refractivity contribution in [2.24, 2.45) is 0 Å². The van der Waals surface area contributed by atoms with E-state index in [0.717, 1.165) is 15.4 Å². The molecule has 0 amide bonds. The Morgan fingerprint density at radius 3 is 2.68 bits per heavy atom. The first-order chi connectivity index (χ1) is 9.13. The zero-order chi connectivity index (χ0) is 13.8. The van der Waals surface area contributed by atoms with Crippen LogP contribution < -0.4 is 4.74 Å². The molecule has 1 N–H and O–H groups in total. The van der Waals surface area contributed by atoms with E-state index in [1.165, 1.54) is 18.9 Å². The molecule has 0 aromatic heterocycles. The fourth-order valence-electron chi connectivity index (χ4n) is 1.65. The van der Waals surface area contributed by atoms with E-state index in [1.807, 2.05) is 25.1 Å². The van der Waals surface area contributed by atoms with Crippen molar-refractivity contribution >= 4 is 11.8 Å². The Balaban J connectivity index is 2.36. The summed E-state index contributed by atoms with van der Waals surface area (Å²) < 4.78 is 5.08. The van der Waals surface area contributed by atoms with Crippen LogP contribution in [0, 0.1) is 18.3 Å². The molecule has 0 spiro atoms. The highest BCUT2D eigenvalue weighted by Crippen LogP contribution is 2.36. The van der Waals surface area contributed by atoms with Gasteiger partial charge in [-0.3, -0.25) is 0 Å². The molecule has 0 saturated carbocycles. The van der Waals surface area contributed by atoms with Crippen LogP contribution in [0.25, 0.3) is 0 Å². The highest BCUT2D eigenvalue weighted by atomic mass is 32.2. The van der Waals surface area contributed by atoms with E-state index in [1.54, 1.807) is 18.2 Å². The van der Waals surface area contributed by atoms with Crippen LogP contribution in [-0.4, -0.2) is 12.2 Å². The van der Waals surface area contributed by atoms with Crippen LogP contribution >= 0.6 is 11.8 Å². The summed E-state index contributed by atoms with van der Waals surface area (Å²) in [6.07, 6.45) is 0. The first kappa shape index (κ1) is 13.3. The molecule has 0 aliphatic heterocycles. The van der Waals surface area contributed by atoms with Gasteiger partial charge in [0.25, 0.3) is 0 Å². The number of hydrogen-bond acceptors (Lipinski definition) is 4. The molecular formula is C15H13NO2S. The largest absolute Gasteiger partial charge is 0.504 e. The van der Waals surface area contributed by atoms with Gasteiger partial charge in [0.2, 0.25) is 0 Å². The lowest BCUT2D eigenvalue weighted by molar-refractivity contribution is 0.372. The Hall–Kier alpha value is -2.12. The van der Waals surface area contributed by atoms with Crippen molar-refractivity contribution in [2.75, 3.05) is 7.11 Å². The molecule has 2 rings (SSSR count). The zero-order valence-electron chi connectivity index (χ0n) is 10.7. The molecule has 2 aromatic rings. The van der Waals surface area contributed by atoms with E-state index in [9.17, 15) is 5.11 Å². The number of aromatic hydroxyl groups is 1. The second-order valence-electron chi connectivity index (χ2n) is 4.05. The number of rotatable bonds is 3. The van der Waals surface area contributed by atoms with Gasteiger partial charge < -0.3 is 9.84 Å². The average molecular weight is 271 g/mol. The molecule has 19 heavy (non-hydrogen) atoms. The summed E-state index contributed by atoms with van der Waals surface area (Å²) in [5.41, 5.74) is 1.75. The summed E-state index contributed by atoms with van der Waals surface area (Å²) in [6, 6.07) is 13.0. The second kappa shape index (κ2) is 5.68. The molecule has 0 saturated heterocycles. The quantitative estimate of drug-likeness (QED) is 0.924. The van der Waals surface area contributed by atoms with Gasteiger partial charge in [0, 0.05) is 9.79 Å². The highest BCUT2D eigenvalue weighted by molar-refractivity contribution is 7.99. The predicted octanol–water partition coefficient (Wildman–Crippen LogP) is 3.73. The SMILES string of the molecule is COc1cc(Sc2cc(C)ccc2C#N)ccc1O. The molecule has 2 aromatic carbocycles. The Kier molecular flexibility index (Phi) is 3.98. The number of nitriles is 1. The number of phenols is 1. The Morgan fingerprint density at radius 2 is 2.00 bits per heavy atom. The lowest BCUT2D eigenvalue weighted by atomic mass is 10.2. The Morgan fingerprint density at radius 1 is 1.21 bits per heavy atom. The van der Waals surface area contributed by atoms with Gasteiger partial charge in [0.05, 0.1) is 12.7 Å². The summed E-state index contributed by atoms with van der Waals surface area (Å²) in [4.78, 5) is 1.81. The van der Waals surface area contributed by atoms with Crippen LogP contribution in [0.2, 0.25) is 0 Å². The molecule has 0 atom stereocenters. The van der Waals surface area contributed by atoms with Gasteiger partial charge in [-0.2, -0.15) is 5.26 Å². The van der Waals surface area contributed by atoms with Crippen LogP contribution in [0.5, 0.6) is 11.5 Å². The third-order valence-electron chi connectivity index (χ3n) is 2.64. The minimum atomic E-state index is 0.108. The summed E-state index contributed by atoms with van der Waals surface area (Å²) >= 11 is 1.48. The molecule has 0 aliphatic rings. The van der Waals surface area contributed by atoms with Gasteiger partial charge >= 0.3 is 0 Å². The second-order valence-corrected chi connectivity index (χ2v) is 5.16. The molecular weight excluding hydrogens is 258 g/mol. The van der Waals surface area contributed by atoms with Crippen LogP contribution in [-0.2, 0) is 0 Å². The number of nitrogens with zero attached hydrogens (tertiary/aromatic N) is 1. The van der Waals surface area contributed by atoms with Crippen molar-refractivity contribution in [1.29, 1.82) is 5.26 Å². The summed E-state index contributed by atoms with van der Waals surface area (Å²) in [7, 11) is 1.51. The van der Waals surface area contributed by atoms with Crippen molar-refractivity contribution in [3.63, 3.8) is 0 Å². The van der Waals surface area contributed by atoms with Crippen molar-refractivity contribution < 1.29 is 9.84 Å². The third kappa shape index (κ3) is 3.01. The molecule has 96 valence electrons. The lowest BCUT2D eigenvalue weighted by Crippen LogP contribution is -1.86. The van der Waals surface area contributed by atoms with E-state index >= 15 is 0 Å². The van der Waals surface area contributed by atoms with Crippen molar-refractivity contribution in [1.82, 2.24) is 0 Å². The maximum absolute atomic E-state index is 9.56. The van der Waals surface area contributed by atoms with Crippen molar-refractivity contribution in [3.05, 3.63) is 47.5 Å². The minimum Gasteiger partial charge on any atom is -0.504 e. The minimum absolute atomic E-state index is 0.108. The monoisotopic (exact) mass is 271 g/mol. The first-order valence-electron chi connectivity index (χ1n) is 5.69. The van der Waals surface area contributed by atoms with Gasteiger partial charge in [-0.15, -0.1) is 0 Å².